The Morgan fingerprint density at radius 3 is 2.54 bits per heavy atom. The molecule has 1 fully saturated rings. The lowest BCUT2D eigenvalue weighted by molar-refractivity contribution is -0.140. The summed E-state index contributed by atoms with van der Waals surface area (Å²) in [6.07, 6.45) is 3.46. The van der Waals surface area contributed by atoms with Gasteiger partial charge in [0.15, 0.2) is 0 Å². The minimum Gasteiger partial charge on any atom is -0.511 e. The second-order valence-electron chi connectivity index (χ2n) is 7.62. The third kappa shape index (κ3) is 3.90. The molecule has 2 aliphatic rings. The van der Waals surface area contributed by atoms with Crippen molar-refractivity contribution in [1.29, 1.82) is 0 Å². The Kier molecular flexibility index (Phi) is 5.21. The number of rotatable bonds is 6. The highest BCUT2D eigenvalue weighted by Crippen LogP contribution is 2.33. The number of carbonyl (C=O) groups is 3. The van der Waals surface area contributed by atoms with Gasteiger partial charge in [-0.1, -0.05) is 0 Å². The van der Waals surface area contributed by atoms with Gasteiger partial charge >= 0.3 is 5.97 Å². The molecule has 0 aliphatic carbocycles. The number of aliphatic carboxylic acids is 1. The molecular weight excluding hydrogens is 366 g/mol. The zero-order chi connectivity index (χ0) is 20.5. The first-order chi connectivity index (χ1) is 13.2. The van der Waals surface area contributed by atoms with Crippen LogP contribution in [-0.4, -0.2) is 74.6 Å². The molecule has 0 atom stereocenters. The van der Waals surface area contributed by atoms with Gasteiger partial charge in [-0.3, -0.25) is 14.4 Å². The topological polar surface area (TPSA) is 136 Å². The number of carboxylic acid groups (broad SMARTS) is 1. The maximum absolute atomic E-state index is 12.9. The number of nitrogens with zero attached hydrogens (tertiary/aromatic N) is 4. The molecule has 3 rings (SSSR count). The number of carboxylic acids is 1. The quantitative estimate of drug-likeness (QED) is 0.576. The predicted molar refractivity (Wildman–Crippen MR) is 98.4 cm³/mol. The van der Waals surface area contributed by atoms with Crippen LogP contribution in [0.4, 0.5) is 5.95 Å². The second kappa shape index (κ2) is 7.45. The zero-order valence-electron chi connectivity index (χ0n) is 15.8. The SMILES string of the molecule is CC1(C)CC(O)=C(C(=O)NCC(=O)O)C(=O)N1CC1CN(c2ncccn2)C1. The van der Waals surface area contributed by atoms with Gasteiger partial charge in [0.1, 0.15) is 17.9 Å². The Bertz CT molecular complexity index is 817. The third-order valence-corrected chi connectivity index (χ3v) is 4.94. The summed E-state index contributed by atoms with van der Waals surface area (Å²) in [5, 5.41) is 21.1. The van der Waals surface area contributed by atoms with E-state index in [1.54, 1.807) is 23.4 Å². The molecule has 1 aromatic heterocycles. The molecule has 0 saturated carbocycles. The van der Waals surface area contributed by atoms with E-state index < -0.39 is 29.9 Å². The molecule has 2 amide bonds. The number of aromatic nitrogens is 2. The fourth-order valence-corrected chi connectivity index (χ4v) is 3.49. The van der Waals surface area contributed by atoms with Crippen molar-refractivity contribution in [3.05, 3.63) is 29.8 Å². The van der Waals surface area contributed by atoms with Gasteiger partial charge in [0.2, 0.25) is 5.95 Å². The summed E-state index contributed by atoms with van der Waals surface area (Å²) >= 11 is 0. The summed E-state index contributed by atoms with van der Waals surface area (Å²) in [6, 6.07) is 1.74. The maximum Gasteiger partial charge on any atom is 0.322 e. The Morgan fingerprint density at radius 1 is 1.29 bits per heavy atom. The molecule has 1 saturated heterocycles. The number of amides is 2. The first kappa shape index (κ1) is 19.6. The molecule has 2 aliphatic heterocycles. The lowest BCUT2D eigenvalue weighted by atomic mass is 9.87. The highest BCUT2D eigenvalue weighted by atomic mass is 16.4. The van der Waals surface area contributed by atoms with Crippen molar-refractivity contribution in [3.63, 3.8) is 0 Å². The van der Waals surface area contributed by atoms with E-state index in [0.29, 0.717) is 25.6 Å². The molecule has 1 aromatic rings. The van der Waals surface area contributed by atoms with Gasteiger partial charge in [0, 0.05) is 49.9 Å². The van der Waals surface area contributed by atoms with E-state index in [2.05, 4.69) is 15.3 Å². The number of hydrogen-bond acceptors (Lipinski definition) is 7. The van der Waals surface area contributed by atoms with Crippen LogP contribution in [0.25, 0.3) is 0 Å². The molecule has 3 N–H and O–H groups in total. The molecular formula is C18H23N5O5. The fourth-order valence-electron chi connectivity index (χ4n) is 3.49. The molecule has 3 heterocycles. The lowest BCUT2D eigenvalue weighted by Gasteiger charge is -2.47. The van der Waals surface area contributed by atoms with Gasteiger partial charge in [0.05, 0.1) is 0 Å². The van der Waals surface area contributed by atoms with Gasteiger partial charge in [-0.25, -0.2) is 9.97 Å². The lowest BCUT2D eigenvalue weighted by Crippen LogP contribution is -2.60. The smallest absolute Gasteiger partial charge is 0.322 e. The summed E-state index contributed by atoms with van der Waals surface area (Å²) < 4.78 is 0. The Balaban J connectivity index is 1.68. The van der Waals surface area contributed by atoms with Crippen molar-refractivity contribution in [3.8, 4) is 0 Å². The van der Waals surface area contributed by atoms with Crippen LogP contribution >= 0.6 is 0 Å². The van der Waals surface area contributed by atoms with Crippen LogP contribution in [0.15, 0.2) is 29.8 Å². The highest BCUT2D eigenvalue weighted by Gasteiger charge is 2.44. The van der Waals surface area contributed by atoms with Crippen molar-refractivity contribution in [2.75, 3.05) is 31.1 Å². The zero-order valence-corrected chi connectivity index (χ0v) is 15.8. The number of aliphatic hydroxyl groups excluding tert-OH is 1. The second-order valence-corrected chi connectivity index (χ2v) is 7.62. The Hall–Kier alpha value is -3.17. The van der Waals surface area contributed by atoms with Crippen LogP contribution in [-0.2, 0) is 14.4 Å². The van der Waals surface area contributed by atoms with Crippen LogP contribution in [0.3, 0.4) is 0 Å². The summed E-state index contributed by atoms with van der Waals surface area (Å²) in [4.78, 5) is 47.8. The van der Waals surface area contributed by atoms with Gasteiger partial charge in [-0.2, -0.15) is 0 Å². The number of hydrogen-bond donors (Lipinski definition) is 3. The van der Waals surface area contributed by atoms with Crippen molar-refractivity contribution >= 4 is 23.7 Å². The highest BCUT2D eigenvalue weighted by molar-refractivity contribution is 6.19. The van der Waals surface area contributed by atoms with Gasteiger partial charge in [-0.05, 0) is 19.9 Å². The van der Waals surface area contributed by atoms with Gasteiger partial charge < -0.3 is 25.3 Å². The van der Waals surface area contributed by atoms with Crippen LogP contribution < -0.4 is 10.2 Å². The predicted octanol–water partition coefficient (Wildman–Crippen LogP) is -0.0634. The van der Waals surface area contributed by atoms with Crippen molar-refractivity contribution < 1.29 is 24.6 Å². The molecule has 0 aromatic carbocycles. The van der Waals surface area contributed by atoms with Crippen LogP contribution in [0, 0.1) is 5.92 Å². The largest absolute Gasteiger partial charge is 0.511 e. The van der Waals surface area contributed by atoms with Crippen LogP contribution in [0.1, 0.15) is 20.3 Å². The summed E-state index contributed by atoms with van der Waals surface area (Å²) in [5.41, 5.74) is -1.05. The Labute approximate surface area is 161 Å². The monoisotopic (exact) mass is 389 g/mol. The summed E-state index contributed by atoms with van der Waals surface area (Å²) in [6.45, 7) is 4.80. The average Bonchev–Trinajstić information content (AvgIpc) is 2.58. The van der Waals surface area contributed by atoms with Crippen molar-refractivity contribution in [1.82, 2.24) is 20.2 Å². The molecule has 10 heteroatoms. The van der Waals surface area contributed by atoms with E-state index >= 15 is 0 Å². The minimum absolute atomic E-state index is 0.118. The van der Waals surface area contributed by atoms with E-state index in [1.165, 1.54) is 0 Å². The standard InChI is InChI=1S/C18H23N5O5/c1-18(2)6-12(24)14(15(27)21-7-13(25)26)16(28)23(18)10-11-8-22(9-11)17-19-4-3-5-20-17/h3-5,11,24H,6-10H2,1-2H3,(H,21,27)(H,25,26). The van der Waals surface area contributed by atoms with Crippen molar-refractivity contribution in [2.24, 2.45) is 5.92 Å². The van der Waals surface area contributed by atoms with Gasteiger partial charge in [-0.15, -0.1) is 0 Å². The molecule has 28 heavy (non-hydrogen) atoms. The molecule has 0 radical (unpaired) electrons. The number of anilines is 1. The number of carbonyl (C=O) groups excluding carboxylic acids is 2. The third-order valence-electron chi connectivity index (χ3n) is 4.94. The molecule has 0 spiro atoms. The normalized spacial score (nSPS) is 19.4. The number of nitrogens with one attached hydrogen (secondary N) is 1. The Morgan fingerprint density at radius 2 is 1.93 bits per heavy atom. The van der Waals surface area contributed by atoms with E-state index in [9.17, 15) is 19.5 Å². The van der Waals surface area contributed by atoms with E-state index in [0.717, 1.165) is 0 Å². The fraction of sp³-hybridized carbons (Fsp3) is 0.500. The van der Waals surface area contributed by atoms with E-state index in [-0.39, 0.29) is 23.7 Å². The molecule has 150 valence electrons. The maximum atomic E-state index is 12.9. The summed E-state index contributed by atoms with van der Waals surface area (Å²) in [5.74, 6) is -2.21. The molecule has 10 nitrogen and oxygen atoms in total. The first-order valence-corrected chi connectivity index (χ1v) is 8.95. The van der Waals surface area contributed by atoms with Crippen molar-refractivity contribution in [2.45, 2.75) is 25.8 Å². The van der Waals surface area contributed by atoms with E-state index in [4.69, 9.17) is 5.11 Å². The average molecular weight is 389 g/mol. The number of aliphatic hydroxyl groups is 1. The summed E-state index contributed by atoms with van der Waals surface area (Å²) in [7, 11) is 0. The van der Waals surface area contributed by atoms with Crippen LogP contribution in [0.5, 0.6) is 0 Å². The molecule has 0 unspecified atom stereocenters. The minimum atomic E-state index is -1.23. The van der Waals surface area contributed by atoms with Crippen LogP contribution in [0.2, 0.25) is 0 Å². The molecule has 0 bridgehead atoms. The first-order valence-electron chi connectivity index (χ1n) is 8.95. The van der Waals surface area contributed by atoms with Gasteiger partial charge in [0.25, 0.3) is 11.8 Å². The van der Waals surface area contributed by atoms with E-state index in [1.807, 2.05) is 18.7 Å².